The van der Waals surface area contributed by atoms with Crippen LogP contribution in [0.5, 0.6) is 0 Å². The molecule has 7 heteroatoms. The molecule has 0 spiro atoms. The van der Waals surface area contributed by atoms with Crippen LogP contribution in [-0.2, 0) is 0 Å². The van der Waals surface area contributed by atoms with Crippen molar-refractivity contribution in [2.24, 2.45) is 0 Å². The first-order valence-corrected chi connectivity index (χ1v) is 2.19. The molecule has 0 fully saturated rings. The van der Waals surface area contributed by atoms with Gasteiger partial charge in [-0.15, -0.1) is 0 Å². The summed E-state index contributed by atoms with van der Waals surface area (Å²) in [6.45, 7) is 0. The smallest absolute Gasteiger partial charge is 0.498 e. The van der Waals surface area contributed by atoms with E-state index in [9.17, 15) is 13.2 Å². The number of diazo groups is 1. The molecule has 0 saturated carbocycles. The van der Waals surface area contributed by atoms with Crippen LogP contribution in [0, 0.1) is 16.7 Å². The zero-order valence-corrected chi connectivity index (χ0v) is 4.92. The normalized spacial score (nSPS) is 12.8. The lowest BCUT2D eigenvalue weighted by Gasteiger charge is -1.98. The van der Waals surface area contributed by atoms with E-state index in [1.165, 1.54) is 0 Å². The van der Waals surface area contributed by atoms with Crippen LogP contribution in [0.2, 0.25) is 0 Å². The number of nitrogens with zero attached hydrogens (tertiary/aromatic N) is 3. The fourth-order valence-corrected chi connectivity index (χ4v) is 0.257. The highest BCUT2D eigenvalue weighted by Crippen LogP contribution is 2.25. The Morgan fingerprint density at radius 2 is 1.91 bits per heavy atom. The van der Waals surface area contributed by atoms with Crippen molar-refractivity contribution in [3.05, 3.63) is 16.4 Å². The van der Waals surface area contributed by atoms with Gasteiger partial charge in [0.2, 0.25) is 5.39 Å². The van der Waals surface area contributed by atoms with Gasteiger partial charge in [-0.3, -0.25) is 0 Å². The van der Waals surface area contributed by atoms with Crippen molar-refractivity contribution in [1.29, 1.82) is 10.7 Å². The Labute approximate surface area is 58.8 Å². The van der Waals surface area contributed by atoms with Crippen molar-refractivity contribution in [3.8, 4) is 6.07 Å². The third kappa shape index (κ3) is 2.14. The van der Waals surface area contributed by atoms with Crippen molar-refractivity contribution < 1.29 is 18.3 Å². The van der Waals surface area contributed by atoms with Gasteiger partial charge in [0.25, 0.3) is 0 Å². The molecule has 0 amide bonds. The van der Waals surface area contributed by atoms with E-state index in [-0.39, 0.29) is 0 Å². The monoisotopic (exact) mass is 164 g/mol. The first kappa shape index (κ1) is 9.24. The molecule has 0 aromatic carbocycles. The summed E-state index contributed by atoms with van der Waals surface area (Å²) in [4.78, 5) is 1.92. The minimum absolute atomic E-state index is 0.851. The molecule has 0 aliphatic rings. The second kappa shape index (κ2) is 2.88. The fourth-order valence-electron chi connectivity index (χ4n) is 0.257. The molecule has 11 heavy (non-hydrogen) atoms. The molecule has 1 N–H and O–H groups in total. The quantitative estimate of drug-likeness (QED) is 0.336. The number of aliphatic hydroxyl groups excluding tert-OH is 1. The minimum atomic E-state index is -5.06. The van der Waals surface area contributed by atoms with E-state index in [4.69, 9.17) is 15.8 Å². The second-order valence-electron chi connectivity index (χ2n) is 1.41. The number of allylic oxidation sites excluding steroid dienone is 2. The number of alkyl halides is 3. The molecule has 0 radical (unpaired) electrons. The van der Waals surface area contributed by atoms with Crippen LogP contribution in [0.15, 0.2) is 11.5 Å². The molecule has 0 aromatic heterocycles. The van der Waals surface area contributed by atoms with Gasteiger partial charge in [0.05, 0.1) is 0 Å². The maximum Gasteiger partial charge on any atom is 0.507 e. The number of aliphatic hydroxyl groups is 1. The van der Waals surface area contributed by atoms with Gasteiger partial charge in [0, 0.05) is 0 Å². The molecule has 0 bridgehead atoms. The third-order valence-corrected chi connectivity index (χ3v) is 0.699. The average molecular weight is 164 g/mol. The molecule has 0 aliphatic heterocycles. The third-order valence-electron chi connectivity index (χ3n) is 0.699. The van der Waals surface area contributed by atoms with Crippen LogP contribution >= 0.6 is 0 Å². The predicted octanol–water partition coefficient (Wildman–Crippen LogP) is 1.69. The van der Waals surface area contributed by atoms with Gasteiger partial charge >= 0.3 is 17.6 Å². The molecular formula is C4HF3N3O+. The second-order valence-corrected chi connectivity index (χ2v) is 1.41. The van der Waals surface area contributed by atoms with Crippen LogP contribution in [0.25, 0.3) is 4.98 Å². The first-order chi connectivity index (χ1) is 4.93. The van der Waals surface area contributed by atoms with E-state index in [2.05, 4.69) is 0 Å². The van der Waals surface area contributed by atoms with Gasteiger partial charge in [-0.05, 0) is 0 Å². The molecular weight excluding hydrogens is 163 g/mol. The predicted molar refractivity (Wildman–Crippen MR) is 26.4 cm³/mol. The Kier molecular flexibility index (Phi) is 2.42. The maximum absolute atomic E-state index is 11.4. The SMILES string of the molecule is N#C/C([N+]#N)=C(/O)C(F)(F)F. The van der Waals surface area contributed by atoms with Crippen LogP contribution < -0.4 is 0 Å². The highest BCUT2D eigenvalue weighted by Gasteiger charge is 2.42. The molecule has 0 aliphatic carbocycles. The van der Waals surface area contributed by atoms with E-state index < -0.39 is 17.6 Å². The lowest BCUT2D eigenvalue weighted by molar-refractivity contribution is -0.121. The number of rotatable bonds is 0. The topological polar surface area (TPSA) is 72.2 Å². The van der Waals surface area contributed by atoms with Crippen LogP contribution in [-0.4, -0.2) is 11.3 Å². The van der Waals surface area contributed by atoms with Crippen LogP contribution in [0.3, 0.4) is 0 Å². The molecule has 4 nitrogen and oxygen atoms in total. The van der Waals surface area contributed by atoms with E-state index in [1.807, 2.05) is 4.98 Å². The van der Waals surface area contributed by atoms with Gasteiger partial charge in [0.1, 0.15) is 0 Å². The minimum Gasteiger partial charge on any atom is -0.498 e. The molecule has 0 atom stereocenters. The van der Waals surface area contributed by atoms with Gasteiger partial charge in [-0.2, -0.15) is 18.4 Å². The number of halogens is 3. The Balaban J connectivity index is 5.01. The Hall–Kier alpha value is -1.76. The largest absolute Gasteiger partial charge is 0.507 e. The summed E-state index contributed by atoms with van der Waals surface area (Å²) in [5, 5.41) is 23.7. The van der Waals surface area contributed by atoms with Gasteiger partial charge < -0.3 is 5.11 Å². The summed E-state index contributed by atoms with van der Waals surface area (Å²) in [7, 11) is 0. The lowest BCUT2D eigenvalue weighted by atomic mass is 10.4. The maximum atomic E-state index is 11.4. The van der Waals surface area contributed by atoms with Gasteiger partial charge in [-0.25, -0.2) is 0 Å². The standard InChI is InChI=1S/C4F3N3O/c5-4(6,7)3(11)2(1-8)10-9/p+1/b3-2-. The van der Waals surface area contributed by atoms with Gasteiger partial charge in [0.15, 0.2) is 11.0 Å². The van der Waals surface area contributed by atoms with Crippen molar-refractivity contribution in [2.45, 2.75) is 6.18 Å². The molecule has 0 aromatic rings. The van der Waals surface area contributed by atoms with Crippen LogP contribution in [0.1, 0.15) is 0 Å². The Bertz CT molecular complexity index is 250. The summed E-state index contributed by atoms with van der Waals surface area (Å²) >= 11 is 0. The summed E-state index contributed by atoms with van der Waals surface area (Å²) < 4.78 is 34.3. The van der Waals surface area contributed by atoms with Crippen LogP contribution in [0.4, 0.5) is 13.2 Å². The Morgan fingerprint density at radius 3 is 2.00 bits per heavy atom. The van der Waals surface area contributed by atoms with E-state index in [0.29, 0.717) is 0 Å². The summed E-state index contributed by atoms with van der Waals surface area (Å²) in [5.41, 5.74) is -1.46. The highest BCUT2D eigenvalue weighted by molar-refractivity contribution is 5.30. The fraction of sp³-hybridized carbons (Fsp3) is 0.250. The molecule has 0 unspecified atom stereocenters. The molecule has 0 heterocycles. The first-order valence-electron chi connectivity index (χ1n) is 2.19. The summed E-state index contributed by atoms with van der Waals surface area (Å²) in [6.07, 6.45) is -5.06. The molecule has 0 saturated heterocycles. The highest BCUT2D eigenvalue weighted by atomic mass is 19.4. The molecule has 58 valence electrons. The van der Waals surface area contributed by atoms with Crippen molar-refractivity contribution >= 4 is 0 Å². The average Bonchev–Trinajstić information content (AvgIpc) is 1.88. The van der Waals surface area contributed by atoms with Gasteiger partial charge in [-0.1, -0.05) is 0 Å². The number of nitriles is 1. The van der Waals surface area contributed by atoms with E-state index in [0.717, 1.165) is 6.07 Å². The lowest BCUT2D eigenvalue weighted by Crippen LogP contribution is -2.12. The summed E-state index contributed by atoms with van der Waals surface area (Å²) in [6, 6.07) is 0.851. The van der Waals surface area contributed by atoms with Crippen molar-refractivity contribution in [1.82, 2.24) is 0 Å². The molecule has 0 rings (SSSR count). The van der Waals surface area contributed by atoms with E-state index >= 15 is 0 Å². The number of hydrogen-bond donors (Lipinski definition) is 1. The Morgan fingerprint density at radius 1 is 1.45 bits per heavy atom. The zero-order chi connectivity index (χ0) is 9.07. The zero-order valence-electron chi connectivity index (χ0n) is 4.92. The number of hydrogen-bond acceptors (Lipinski definition) is 3. The van der Waals surface area contributed by atoms with Crippen molar-refractivity contribution in [2.75, 3.05) is 0 Å². The summed E-state index contributed by atoms with van der Waals surface area (Å²) in [5.74, 6) is -2.21. The van der Waals surface area contributed by atoms with E-state index in [1.54, 1.807) is 0 Å². The van der Waals surface area contributed by atoms with Crippen molar-refractivity contribution in [3.63, 3.8) is 0 Å².